The van der Waals surface area contributed by atoms with Crippen LogP contribution < -0.4 is 5.32 Å². The van der Waals surface area contributed by atoms with Crippen molar-refractivity contribution in [3.8, 4) is 11.5 Å². The number of halogens is 1. The van der Waals surface area contributed by atoms with E-state index in [0.29, 0.717) is 12.2 Å². The molecule has 1 unspecified atom stereocenters. The Balaban J connectivity index is 1.52. The molecular formula is C30H26FN5OS. The molecule has 0 radical (unpaired) electrons. The number of amides is 2. The summed E-state index contributed by atoms with van der Waals surface area (Å²) < 4.78 is 17.6. The number of thioether (sulfide) groups is 1. The van der Waals surface area contributed by atoms with E-state index >= 15 is 0 Å². The number of fused-ring (bicyclic) bond motifs is 3. The fourth-order valence-electron chi connectivity index (χ4n) is 5.01. The van der Waals surface area contributed by atoms with Crippen LogP contribution in [0.5, 0.6) is 0 Å². The number of anilines is 1. The summed E-state index contributed by atoms with van der Waals surface area (Å²) in [6.45, 7) is 2.32. The highest BCUT2D eigenvalue weighted by molar-refractivity contribution is 7.98. The summed E-state index contributed by atoms with van der Waals surface area (Å²) in [5.41, 5.74) is 5.24. The number of carbonyl (C=O) groups is 1. The average molecular weight is 524 g/mol. The van der Waals surface area contributed by atoms with E-state index in [1.54, 1.807) is 23.9 Å². The van der Waals surface area contributed by atoms with Crippen LogP contribution in [0.25, 0.3) is 11.5 Å². The van der Waals surface area contributed by atoms with Gasteiger partial charge >= 0.3 is 6.03 Å². The fraction of sp³-hybridized carbons (Fsp3) is 0.133. The molecule has 3 aromatic carbocycles. The van der Waals surface area contributed by atoms with Crippen LogP contribution in [0.3, 0.4) is 0 Å². The van der Waals surface area contributed by atoms with Crippen molar-refractivity contribution in [2.45, 2.75) is 24.4 Å². The summed E-state index contributed by atoms with van der Waals surface area (Å²) >= 11 is 1.68. The quantitative estimate of drug-likeness (QED) is 0.259. The largest absolute Gasteiger partial charge is 0.322 e. The Hall–Kier alpha value is -4.30. The van der Waals surface area contributed by atoms with E-state index in [-0.39, 0.29) is 17.9 Å². The summed E-state index contributed by atoms with van der Waals surface area (Å²) in [6.07, 6.45) is 4.07. The molecule has 0 aliphatic carbocycles. The van der Waals surface area contributed by atoms with Crippen LogP contribution in [-0.2, 0) is 6.54 Å². The molecular weight excluding hydrogens is 497 g/mol. The van der Waals surface area contributed by atoms with Gasteiger partial charge in [0.25, 0.3) is 0 Å². The van der Waals surface area contributed by atoms with E-state index < -0.39 is 0 Å². The summed E-state index contributed by atoms with van der Waals surface area (Å²) in [7, 11) is 0. The van der Waals surface area contributed by atoms with Gasteiger partial charge in [-0.3, -0.25) is 0 Å². The van der Waals surface area contributed by atoms with Crippen molar-refractivity contribution in [3.05, 3.63) is 126 Å². The number of para-hydroxylation sites is 1. The molecule has 1 aliphatic heterocycles. The van der Waals surface area contributed by atoms with Gasteiger partial charge in [0, 0.05) is 22.3 Å². The molecule has 5 aromatic rings. The first-order chi connectivity index (χ1) is 18.5. The number of aryl methyl sites for hydroxylation is 1. The van der Waals surface area contributed by atoms with Gasteiger partial charge in [-0.2, -0.15) is 5.10 Å². The average Bonchev–Trinajstić information content (AvgIpc) is 3.51. The molecule has 0 saturated carbocycles. The molecule has 6 rings (SSSR count). The van der Waals surface area contributed by atoms with Gasteiger partial charge in [0.05, 0.1) is 29.7 Å². The molecule has 8 heteroatoms. The lowest BCUT2D eigenvalue weighted by Crippen LogP contribution is -2.38. The first kappa shape index (κ1) is 24.1. The second-order valence-corrected chi connectivity index (χ2v) is 10.1. The zero-order valence-electron chi connectivity index (χ0n) is 21.0. The Morgan fingerprint density at radius 3 is 2.42 bits per heavy atom. The van der Waals surface area contributed by atoms with E-state index in [9.17, 15) is 9.18 Å². The highest BCUT2D eigenvalue weighted by Crippen LogP contribution is 2.39. The summed E-state index contributed by atoms with van der Waals surface area (Å²) in [5, 5.41) is 7.86. The predicted molar refractivity (Wildman–Crippen MR) is 149 cm³/mol. The molecule has 3 heterocycles. The topological polar surface area (TPSA) is 55.1 Å². The summed E-state index contributed by atoms with van der Waals surface area (Å²) in [4.78, 5) is 16.9. The van der Waals surface area contributed by atoms with Crippen molar-refractivity contribution in [2.24, 2.45) is 0 Å². The molecule has 1 atom stereocenters. The third-order valence-corrected chi connectivity index (χ3v) is 7.62. The monoisotopic (exact) mass is 523 g/mol. The van der Waals surface area contributed by atoms with Gasteiger partial charge in [0.15, 0.2) is 0 Å². The number of rotatable bonds is 4. The standard InChI is InChI=1S/C30H26FN5OS/c1-20-26-19-35(30(37)32-23-14-12-22(31)13-15-23)28(21-10-16-25(38-2)17-11-21)27-9-6-18-34(27)29(26)36(33-20)24-7-4-3-5-8-24/h3-18,28H,19H2,1-2H3,(H,32,37). The molecule has 0 fully saturated rings. The Morgan fingerprint density at radius 2 is 1.71 bits per heavy atom. The SMILES string of the molecule is CSc1ccc(C2c3cccn3-c3c(c(C)nn3-c3ccccc3)CN2C(=O)Nc2ccc(F)cc2)cc1. The van der Waals surface area contributed by atoms with Crippen molar-refractivity contribution in [1.29, 1.82) is 0 Å². The van der Waals surface area contributed by atoms with E-state index in [0.717, 1.165) is 38.9 Å². The van der Waals surface area contributed by atoms with Gasteiger partial charge in [-0.15, -0.1) is 11.8 Å². The van der Waals surface area contributed by atoms with Gasteiger partial charge in [-0.05, 0) is 79.4 Å². The molecule has 0 saturated heterocycles. The molecule has 6 nitrogen and oxygen atoms in total. The lowest BCUT2D eigenvalue weighted by Gasteiger charge is -2.31. The smallest absolute Gasteiger partial charge is 0.308 e. The van der Waals surface area contributed by atoms with Gasteiger partial charge in [0.2, 0.25) is 0 Å². The maximum Gasteiger partial charge on any atom is 0.322 e. The van der Waals surface area contributed by atoms with Crippen molar-refractivity contribution < 1.29 is 9.18 Å². The number of carbonyl (C=O) groups excluding carboxylic acids is 1. The maximum atomic E-state index is 13.9. The minimum absolute atomic E-state index is 0.275. The molecule has 2 aromatic heterocycles. The molecule has 1 N–H and O–H groups in total. The number of nitrogens with zero attached hydrogens (tertiary/aromatic N) is 4. The minimum Gasteiger partial charge on any atom is -0.308 e. The molecule has 190 valence electrons. The highest BCUT2D eigenvalue weighted by atomic mass is 32.2. The number of aromatic nitrogens is 3. The second kappa shape index (κ2) is 9.87. The summed E-state index contributed by atoms with van der Waals surface area (Å²) in [6, 6.07) is 27.6. The minimum atomic E-state index is -0.364. The van der Waals surface area contributed by atoms with Crippen LogP contribution in [-0.4, -0.2) is 31.5 Å². The van der Waals surface area contributed by atoms with Crippen LogP contribution in [0.15, 0.2) is 102 Å². The van der Waals surface area contributed by atoms with Crippen LogP contribution >= 0.6 is 11.8 Å². The van der Waals surface area contributed by atoms with E-state index in [4.69, 9.17) is 5.10 Å². The van der Waals surface area contributed by atoms with E-state index in [2.05, 4.69) is 40.2 Å². The van der Waals surface area contributed by atoms with Crippen LogP contribution in [0, 0.1) is 12.7 Å². The van der Waals surface area contributed by atoms with Gasteiger partial charge in [-0.25, -0.2) is 13.9 Å². The Bertz CT molecular complexity index is 1590. The molecule has 1 aliphatic rings. The molecule has 0 bridgehead atoms. The van der Waals surface area contributed by atoms with E-state index in [1.807, 2.05) is 65.4 Å². The van der Waals surface area contributed by atoms with Gasteiger partial charge in [0.1, 0.15) is 11.6 Å². The van der Waals surface area contributed by atoms with Crippen LogP contribution in [0.2, 0.25) is 0 Å². The third-order valence-electron chi connectivity index (χ3n) is 6.87. The number of hydrogen-bond donors (Lipinski definition) is 1. The second-order valence-electron chi connectivity index (χ2n) is 9.18. The van der Waals surface area contributed by atoms with Crippen LogP contribution in [0.4, 0.5) is 14.9 Å². The van der Waals surface area contributed by atoms with Crippen molar-refractivity contribution in [2.75, 3.05) is 11.6 Å². The predicted octanol–water partition coefficient (Wildman–Crippen LogP) is 6.97. The van der Waals surface area contributed by atoms with Gasteiger partial charge < -0.3 is 14.8 Å². The first-order valence-electron chi connectivity index (χ1n) is 12.3. The van der Waals surface area contributed by atoms with E-state index in [1.165, 1.54) is 12.1 Å². The maximum absolute atomic E-state index is 13.9. The summed E-state index contributed by atoms with van der Waals surface area (Å²) in [5.74, 6) is 0.562. The number of hydrogen-bond acceptors (Lipinski definition) is 3. The fourth-order valence-corrected chi connectivity index (χ4v) is 5.42. The molecule has 0 spiro atoms. The zero-order chi connectivity index (χ0) is 26.2. The lowest BCUT2D eigenvalue weighted by molar-refractivity contribution is 0.194. The Labute approximate surface area is 224 Å². The zero-order valence-corrected chi connectivity index (χ0v) is 21.8. The van der Waals surface area contributed by atoms with Crippen molar-refractivity contribution >= 4 is 23.5 Å². The Morgan fingerprint density at radius 1 is 0.974 bits per heavy atom. The number of urea groups is 1. The van der Waals surface area contributed by atoms with Crippen LogP contribution in [0.1, 0.15) is 28.6 Å². The molecule has 2 amide bonds. The normalized spacial score (nSPS) is 14.5. The van der Waals surface area contributed by atoms with Crippen molar-refractivity contribution in [1.82, 2.24) is 19.2 Å². The molecule has 38 heavy (non-hydrogen) atoms. The number of nitrogens with one attached hydrogen (secondary N) is 1. The van der Waals surface area contributed by atoms with Gasteiger partial charge in [-0.1, -0.05) is 30.3 Å². The number of benzene rings is 3. The lowest BCUT2D eigenvalue weighted by atomic mass is 10.0. The Kier molecular flexibility index (Phi) is 6.25. The van der Waals surface area contributed by atoms with Crippen molar-refractivity contribution in [3.63, 3.8) is 0 Å². The highest BCUT2D eigenvalue weighted by Gasteiger charge is 2.36. The first-order valence-corrected chi connectivity index (χ1v) is 13.5. The third kappa shape index (κ3) is 4.26.